The van der Waals surface area contributed by atoms with Crippen LogP contribution in [-0.4, -0.2) is 42.5 Å². The molecule has 5 nitrogen and oxygen atoms in total. The molecule has 0 bridgehead atoms. The molecule has 0 heterocycles. The fourth-order valence-electron chi connectivity index (χ4n) is 3.05. The number of nitrogens with one attached hydrogen (secondary N) is 1. The highest BCUT2D eigenvalue weighted by Crippen LogP contribution is 2.17. The third kappa shape index (κ3) is 7.42. The van der Waals surface area contributed by atoms with Crippen LogP contribution in [0.4, 0.5) is 0 Å². The van der Waals surface area contributed by atoms with E-state index < -0.39 is 6.04 Å². The van der Waals surface area contributed by atoms with Crippen LogP contribution in [0.1, 0.15) is 32.3 Å². The van der Waals surface area contributed by atoms with Gasteiger partial charge in [0.2, 0.25) is 5.91 Å². The lowest BCUT2D eigenvalue weighted by atomic mass is 10.1. The molecule has 2 rings (SSSR count). The Hall–Kier alpha value is -2.53. The summed E-state index contributed by atoms with van der Waals surface area (Å²) in [6.07, 6.45) is 2.05. The fourth-order valence-corrected chi connectivity index (χ4v) is 3.23. The summed E-state index contributed by atoms with van der Waals surface area (Å²) in [5, 5.41) is 3.45. The summed E-state index contributed by atoms with van der Waals surface area (Å²) < 4.78 is 5.63. The van der Waals surface area contributed by atoms with Gasteiger partial charge in [-0.3, -0.25) is 9.59 Å². The van der Waals surface area contributed by atoms with Gasteiger partial charge in [-0.1, -0.05) is 61.8 Å². The molecule has 0 aromatic heterocycles. The van der Waals surface area contributed by atoms with Gasteiger partial charge in [0.05, 0.1) is 0 Å². The van der Waals surface area contributed by atoms with E-state index in [1.807, 2.05) is 44.2 Å². The first kappa shape index (κ1) is 22.8. The molecular formula is C23H29ClN2O3. The van der Waals surface area contributed by atoms with Crippen molar-refractivity contribution < 1.29 is 14.3 Å². The van der Waals surface area contributed by atoms with Gasteiger partial charge in [-0.25, -0.2) is 0 Å². The number of amides is 2. The predicted octanol–water partition coefficient (Wildman–Crippen LogP) is 4.09. The van der Waals surface area contributed by atoms with Crippen LogP contribution in [0.3, 0.4) is 0 Å². The molecule has 2 amide bonds. The van der Waals surface area contributed by atoms with Crippen LogP contribution >= 0.6 is 11.6 Å². The van der Waals surface area contributed by atoms with Crippen molar-refractivity contribution in [2.75, 3.05) is 19.7 Å². The number of carbonyl (C=O) groups is 2. The SMILES string of the molecule is CCCNC(=O)[C@@H](CC)N(CCc1ccccc1)C(=O)COc1cccc(Cl)c1. The Labute approximate surface area is 178 Å². The standard InChI is InChI=1S/C23H29ClN2O3/c1-3-14-25-23(28)21(4-2)26(15-13-18-9-6-5-7-10-18)22(27)17-29-20-12-8-11-19(24)16-20/h5-12,16,21H,3-4,13-15,17H2,1-2H3,(H,25,28)/t21-/m1/s1. The zero-order valence-electron chi connectivity index (χ0n) is 17.1. The van der Waals surface area contributed by atoms with Gasteiger partial charge >= 0.3 is 0 Å². The van der Waals surface area contributed by atoms with E-state index in [0.29, 0.717) is 36.7 Å². The molecule has 0 saturated heterocycles. The normalized spacial score (nSPS) is 11.6. The maximum absolute atomic E-state index is 13.0. The lowest BCUT2D eigenvalue weighted by molar-refractivity contribution is -0.142. The first-order valence-corrected chi connectivity index (χ1v) is 10.4. The van der Waals surface area contributed by atoms with Gasteiger partial charge in [0.25, 0.3) is 5.91 Å². The van der Waals surface area contributed by atoms with E-state index in [1.165, 1.54) is 0 Å². The van der Waals surface area contributed by atoms with E-state index in [4.69, 9.17) is 16.3 Å². The summed E-state index contributed by atoms with van der Waals surface area (Å²) in [4.78, 5) is 27.3. The minimum atomic E-state index is -0.527. The lowest BCUT2D eigenvalue weighted by Gasteiger charge is -2.30. The van der Waals surface area contributed by atoms with Gasteiger partial charge in [0.15, 0.2) is 6.61 Å². The van der Waals surface area contributed by atoms with Gasteiger partial charge in [0, 0.05) is 18.1 Å². The molecule has 1 N–H and O–H groups in total. The highest BCUT2D eigenvalue weighted by Gasteiger charge is 2.28. The molecule has 0 aliphatic heterocycles. The largest absolute Gasteiger partial charge is 0.484 e. The Balaban J connectivity index is 2.10. The Kier molecular flexibility index (Phi) is 9.51. The number of nitrogens with zero attached hydrogens (tertiary/aromatic N) is 1. The zero-order valence-corrected chi connectivity index (χ0v) is 17.8. The van der Waals surface area contributed by atoms with Crippen molar-refractivity contribution >= 4 is 23.4 Å². The Morgan fingerprint density at radius 2 is 1.86 bits per heavy atom. The van der Waals surface area contributed by atoms with Crippen molar-refractivity contribution in [3.8, 4) is 5.75 Å². The number of benzene rings is 2. The first-order valence-electron chi connectivity index (χ1n) is 10.0. The van der Waals surface area contributed by atoms with E-state index in [9.17, 15) is 9.59 Å². The van der Waals surface area contributed by atoms with Gasteiger partial charge in [-0.15, -0.1) is 0 Å². The molecule has 6 heteroatoms. The van der Waals surface area contributed by atoms with E-state index >= 15 is 0 Å². The van der Waals surface area contributed by atoms with Crippen molar-refractivity contribution in [1.82, 2.24) is 10.2 Å². The molecule has 0 spiro atoms. The van der Waals surface area contributed by atoms with E-state index in [2.05, 4.69) is 5.32 Å². The smallest absolute Gasteiger partial charge is 0.261 e. The number of hydrogen-bond donors (Lipinski definition) is 1. The fraction of sp³-hybridized carbons (Fsp3) is 0.391. The topological polar surface area (TPSA) is 58.6 Å². The summed E-state index contributed by atoms with van der Waals surface area (Å²) in [5.41, 5.74) is 1.12. The molecule has 0 saturated carbocycles. The van der Waals surface area contributed by atoms with Crippen LogP contribution < -0.4 is 10.1 Å². The molecule has 2 aromatic carbocycles. The molecule has 0 radical (unpaired) electrons. The van der Waals surface area contributed by atoms with Crippen LogP contribution in [-0.2, 0) is 16.0 Å². The second-order valence-electron chi connectivity index (χ2n) is 6.78. The third-order valence-corrected chi connectivity index (χ3v) is 4.81. The number of carbonyl (C=O) groups excluding carboxylic acids is 2. The van der Waals surface area contributed by atoms with E-state index in [1.54, 1.807) is 29.2 Å². The monoisotopic (exact) mass is 416 g/mol. The van der Waals surface area contributed by atoms with Gasteiger partial charge < -0.3 is 15.0 Å². The molecule has 0 aliphatic rings. The summed E-state index contributed by atoms with van der Waals surface area (Å²) in [5.74, 6) is 0.176. The second kappa shape index (κ2) is 12.1. The zero-order chi connectivity index (χ0) is 21.1. The van der Waals surface area contributed by atoms with Crippen molar-refractivity contribution in [3.63, 3.8) is 0 Å². The molecule has 0 unspecified atom stereocenters. The Morgan fingerprint density at radius 1 is 1.10 bits per heavy atom. The highest BCUT2D eigenvalue weighted by atomic mass is 35.5. The maximum atomic E-state index is 13.0. The minimum absolute atomic E-state index is 0.126. The molecule has 0 aliphatic carbocycles. The summed E-state index contributed by atoms with van der Waals surface area (Å²) in [6, 6.07) is 16.3. The first-order chi connectivity index (χ1) is 14.0. The van der Waals surface area contributed by atoms with Gasteiger partial charge in [-0.05, 0) is 43.0 Å². The number of ether oxygens (including phenoxy) is 1. The van der Waals surface area contributed by atoms with Crippen LogP contribution in [0.25, 0.3) is 0 Å². The van der Waals surface area contributed by atoms with Crippen molar-refractivity contribution in [1.29, 1.82) is 0 Å². The molecule has 29 heavy (non-hydrogen) atoms. The molecule has 2 aromatic rings. The van der Waals surface area contributed by atoms with Crippen molar-refractivity contribution in [3.05, 3.63) is 65.2 Å². The van der Waals surface area contributed by atoms with E-state index in [-0.39, 0.29) is 18.4 Å². The second-order valence-corrected chi connectivity index (χ2v) is 7.22. The number of hydrogen-bond acceptors (Lipinski definition) is 3. The van der Waals surface area contributed by atoms with Crippen molar-refractivity contribution in [2.24, 2.45) is 0 Å². The lowest BCUT2D eigenvalue weighted by Crippen LogP contribution is -2.51. The quantitative estimate of drug-likeness (QED) is 0.600. The molecular weight excluding hydrogens is 388 g/mol. The summed E-state index contributed by atoms with van der Waals surface area (Å²) >= 11 is 5.97. The predicted molar refractivity (Wildman–Crippen MR) is 116 cm³/mol. The minimum Gasteiger partial charge on any atom is -0.484 e. The van der Waals surface area contributed by atoms with Crippen molar-refractivity contribution in [2.45, 2.75) is 39.2 Å². The van der Waals surface area contributed by atoms with Crippen LogP contribution in [0.15, 0.2) is 54.6 Å². The average Bonchev–Trinajstić information content (AvgIpc) is 2.74. The molecule has 156 valence electrons. The van der Waals surface area contributed by atoms with Gasteiger partial charge in [0.1, 0.15) is 11.8 Å². The van der Waals surface area contributed by atoms with Crippen LogP contribution in [0.5, 0.6) is 5.75 Å². The van der Waals surface area contributed by atoms with E-state index in [0.717, 1.165) is 12.0 Å². The summed E-state index contributed by atoms with van der Waals surface area (Å²) in [7, 11) is 0. The highest BCUT2D eigenvalue weighted by molar-refractivity contribution is 6.30. The number of rotatable bonds is 11. The maximum Gasteiger partial charge on any atom is 0.261 e. The Bertz CT molecular complexity index is 783. The Morgan fingerprint density at radius 3 is 2.52 bits per heavy atom. The number of halogens is 1. The molecule has 1 atom stereocenters. The molecule has 0 fully saturated rings. The van der Waals surface area contributed by atoms with Gasteiger partial charge in [-0.2, -0.15) is 0 Å². The third-order valence-electron chi connectivity index (χ3n) is 4.58. The summed E-state index contributed by atoms with van der Waals surface area (Å²) in [6.45, 7) is 4.80. The van der Waals surface area contributed by atoms with Crippen LogP contribution in [0.2, 0.25) is 5.02 Å². The average molecular weight is 417 g/mol. The van der Waals surface area contributed by atoms with Crippen LogP contribution in [0, 0.1) is 0 Å².